The summed E-state index contributed by atoms with van der Waals surface area (Å²) in [7, 11) is 0. The minimum atomic E-state index is -0.527. The van der Waals surface area contributed by atoms with Crippen LogP contribution in [0.3, 0.4) is 0 Å². The number of anilines is 1. The molecule has 29 heavy (non-hydrogen) atoms. The number of imide groups is 1. The lowest BCUT2D eigenvalue weighted by atomic mass is 10.1. The van der Waals surface area contributed by atoms with Crippen LogP contribution in [0.5, 0.6) is 0 Å². The van der Waals surface area contributed by atoms with E-state index in [1.165, 1.54) is 0 Å². The number of nitrogens with one attached hydrogen (secondary N) is 1. The van der Waals surface area contributed by atoms with E-state index in [0.717, 1.165) is 4.90 Å². The van der Waals surface area contributed by atoms with Crippen molar-refractivity contribution in [3.05, 3.63) is 100 Å². The topological polar surface area (TPSA) is 88.1 Å². The van der Waals surface area contributed by atoms with Gasteiger partial charge in [-0.2, -0.15) is 4.98 Å². The van der Waals surface area contributed by atoms with Crippen molar-refractivity contribution in [1.29, 1.82) is 0 Å². The second kappa shape index (κ2) is 6.42. The number of H-pyrrole nitrogens is 1. The third-order valence-corrected chi connectivity index (χ3v) is 4.82. The second-order valence-electron chi connectivity index (χ2n) is 6.53. The summed E-state index contributed by atoms with van der Waals surface area (Å²) in [4.78, 5) is 43.2. The monoisotopic (exact) mass is 382 g/mol. The van der Waals surface area contributed by atoms with E-state index in [0.29, 0.717) is 33.9 Å². The molecule has 0 saturated heterocycles. The Bertz CT molecular complexity index is 1290. The van der Waals surface area contributed by atoms with E-state index < -0.39 is 17.5 Å². The van der Waals surface area contributed by atoms with E-state index >= 15 is 0 Å². The molecule has 1 N–H and O–H groups in total. The third-order valence-electron chi connectivity index (χ3n) is 4.82. The van der Waals surface area contributed by atoms with Gasteiger partial charge in [-0.3, -0.25) is 9.59 Å². The van der Waals surface area contributed by atoms with Crippen molar-refractivity contribution < 1.29 is 9.59 Å². The molecule has 0 unspecified atom stereocenters. The predicted molar refractivity (Wildman–Crippen MR) is 107 cm³/mol. The van der Waals surface area contributed by atoms with Crippen LogP contribution in [0.15, 0.2) is 83.7 Å². The number of amides is 2. The highest BCUT2D eigenvalue weighted by Gasteiger charge is 2.37. The van der Waals surface area contributed by atoms with Crippen molar-refractivity contribution >= 4 is 17.5 Å². The van der Waals surface area contributed by atoms with Gasteiger partial charge in [0, 0.05) is 5.56 Å². The Morgan fingerprint density at radius 3 is 1.86 bits per heavy atom. The first-order valence-electron chi connectivity index (χ1n) is 8.97. The average molecular weight is 382 g/mol. The Labute approximate surface area is 164 Å². The Hall–Kier alpha value is -4.26. The molecule has 0 spiro atoms. The van der Waals surface area contributed by atoms with Crippen molar-refractivity contribution in [1.82, 2.24) is 14.8 Å². The Morgan fingerprint density at radius 2 is 1.21 bits per heavy atom. The van der Waals surface area contributed by atoms with Gasteiger partial charge in [0.05, 0.1) is 22.5 Å². The van der Waals surface area contributed by atoms with E-state index in [1.54, 1.807) is 53.2 Å². The molecule has 0 fully saturated rings. The summed E-state index contributed by atoms with van der Waals surface area (Å²) in [5.41, 5.74) is 1.75. The fourth-order valence-electron chi connectivity index (χ4n) is 3.53. The summed E-state index contributed by atoms with van der Waals surface area (Å²) in [6.45, 7) is 0. The quantitative estimate of drug-likeness (QED) is 0.552. The van der Waals surface area contributed by atoms with Crippen molar-refractivity contribution in [2.75, 3.05) is 4.90 Å². The smallest absolute Gasteiger partial charge is 0.268 e. The molecule has 0 aliphatic carbocycles. The van der Waals surface area contributed by atoms with E-state index in [2.05, 4.69) is 10.1 Å². The summed E-state index contributed by atoms with van der Waals surface area (Å²) in [6.07, 6.45) is 0. The van der Waals surface area contributed by atoms with Gasteiger partial charge >= 0.3 is 5.69 Å². The largest absolute Gasteiger partial charge is 0.362 e. The van der Waals surface area contributed by atoms with Crippen LogP contribution in [0.1, 0.15) is 20.7 Å². The number of nitrogens with zero attached hydrogens (tertiary/aromatic N) is 3. The van der Waals surface area contributed by atoms with Crippen LogP contribution in [0.25, 0.3) is 17.1 Å². The number of fused-ring (bicyclic) bond motifs is 1. The van der Waals surface area contributed by atoms with Gasteiger partial charge in [-0.25, -0.2) is 19.5 Å². The molecule has 0 saturated carbocycles. The molecule has 0 radical (unpaired) electrons. The lowest BCUT2D eigenvalue weighted by molar-refractivity contribution is 0.0926. The molecule has 4 aromatic rings. The number of para-hydroxylation sites is 2. The van der Waals surface area contributed by atoms with Crippen molar-refractivity contribution in [2.45, 2.75) is 0 Å². The first-order valence-corrected chi connectivity index (χ1v) is 8.97. The van der Waals surface area contributed by atoms with Gasteiger partial charge in [0.2, 0.25) is 0 Å². The first-order chi connectivity index (χ1) is 14.1. The van der Waals surface area contributed by atoms with Gasteiger partial charge in [0.1, 0.15) is 0 Å². The summed E-state index contributed by atoms with van der Waals surface area (Å²) in [5.74, 6) is -0.488. The van der Waals surface area contributed by atoms with Crippen LogP contribution in [0.4, 0.5) is 5.69 Å². The van der Waals surface area contributed by atoms with E-state index in [1.807, 2.05) is 30.3 Å². The Balaban J connectivity index is 1.70. The minimum Gasteiger partial charge on any atom is -0.268 e. The molecule has 0 atom stereocenters. The lowest BCUT2D eigenvalue weighted by Crippen LogP contribution is -2.30. The van der Waals surface area contributed by atoms with Crippen LogP contribution in [-0.4, -0.2) is 26.6 Å². The minimum absolute atomic E-state index is 0.313. The molecule has 5 rings (SSSR count). The Kier molecular flexibility index (Phi) is 3.74. The molecular formula is C22H14N4O3. The number of benzene rings is 3. The van der Waals surface area contributed by atoms with Gasteiger partial charge in [-0.05, 0) is 36.4 Å². The summed E-state index contributed by atoms with van der Waals surface area (Å²) >= 11 is 0. The third kappa shape index (κ3) is 2.60. The zero-order valence-corrected chi connectivity index (χ0v) is 15.1. The van der Waals surface area contributed by atoms with Crippen LogP contribution in [-0.2, 0) is 0 Å². The van der Waals surface area contributed by atoms with Crippen LogP contribution < -0.4 is 10.6 Å². The molecular weight excluding hydrogens is 368 g/mol. The standard InChI is InChI=1S/C22H14N4O3/c27-20-15-10-4-5-11-16(15)21(28)25(20)18-13-7-6-12-17(18)19-23-22(29)24-26(19)14-8-2-1-3-9-14/h1-13H,(H,24,29). The average Bonchev–Trinajstić information content (AvgIpc) is 3.27. The number of carbonyl (C=O) groups is 2. The maximum atomic E-state index is 13.0. The molecule has 2 heterocycles. The number of aromatic amines is 1. The fraction of sp³-hybridized carbons (Fsp3) is 0. The number of hydrogen-bond acceptors (Lipinski definition) is 4. The number of hydrogen-bond donors (Lipinski definition) is 1. The molecule has 140 valence electrons. The molecule has 1 aromatic heterocycles. The molecule has 1 aliphatic rings. The van der Waals surface area contributed by atoms with Gasteiger partial charge in [-0.1, -0.05) is 42.5 Å². The number of rotatable bonds is 3. The zero-order valence-electron chi connectivity index (χ0n) is 15.1. The number of aromatic nitrogens is 3. The predicted octanol–water partition coefficient (Wildman–Crippen LogP) is 3.03. The fourth-order valence-corrected chi connectivity index (χ4v) is 3.53. The summed E-state index contributed by atoms with van der Waals surface area (Å²) in [5, 5.41) is 2.68. The van der Waals surface area contributed by atoms with E-state index in [9.17, 15) is 14.4 Å². The normalized spacial score (nSPS) is 13.0. The highest BCUT2D eigenvalue weighted by Crippen LogP contribution is 2.35. The van der Waals surface area contributed by atoms with Gasteiger partial charge in [-0.15, -0.1) is 0 Å². The highest BCUT2D eigenvalue weighted by atomic mass is 16.2. The molecule has 0 bridgehead atoms. The Morgan fingerprint density at radius 1 is 0.655 bits per heavy atom. The van der Waals surface area contributed by atoms with Crippen molar-refractivity contribution in [2.24, 2.45) is 0 Å². The molecule has 7 nitrogen and oxygen atoms in total. The van der Waals surface area contributed by atoms with Gasteiger partial charge in [0.15, 0.2) is 5.82 Å². The highest BCUT2D eigenvalue weighted by molar-refractivity contribution is 6.35. The molecule has 1 aliphatic heterocycles. The maximum absolute atomic E-state index is 13.0. The number of carbonyl (C=O) groups excluding carboxylic acids is 2. The van der Waals surface area contributed by atoms with E-state index in [4.69, 9.17) is 0 Å². The van der Waals surface area contributed by atoms with E-state index in [-0.39, 0.29) is 0 Å². The second-order valence-corrected chi connectivity index (χ2v) is 6.53. The summed E-state index contributed by atoms with van der Waals surface area (Å²) < 4.78 is 1.54. The van der Waals surface area contributed by atoms with Gasteiger partial charge < -0.3 is 0 Å². The summed E-state index contributed by atoms with van der Waals surface area (Å²) in [6, 6.07) is 22.8. The lowest BCUT2D eigenvalue weighted by Gasteiger charge is -2.18. The molecule has 7 heteroatoms. The molecule has 2 amide bonds. The van der Waals surface area contributed by atoms with Crippen molar-refractivity contribution in [3.63, 3.8) is 0 Å². The van der Waals surface area contributed by atoms with Gasteiger partial charge in [0.25, 0.3) is 11.8 Å². The van der Waals surface area contributed by atoms with Crippen LogP contribution in [0, 0.1) is 0 Å². The van der Waals surface area contributed by atoms with Crippen molar-refractivity contribution in [3.8, 4) is 17.1 Å². The maximum Gasteiger partial charge on any atom is 0.362 e. The SMILES string of the molecule is O=C1c2ccccc2C(=O)N1c1ccccc1-c1nc(=O)[nH]n1-c1ccccc1. The van der Waals surface area contributed by atoms with Crippen LogP contribution >= 0.6 is 0 Å². The molecule has 3 aromatic carbocycles. The first kappa shape index (κ1) is 16.9. The van der Waals surface area contributed by atoms with Crippen LogP contribution in [0.2, 0.25) is 0 Å². The zero-order chi connectivity index (χ0) is 20.0.